The monoisotopic (exact) mass is 330 g/mol. The van der Waals surface area contributed by atoms with Crippen molar-refractivity contribution in [1.82, 2.24) is 9.80 Å². The maximum absolute atomic E-state index is 13.0. The van der Waals surface area contributed by atoms with Gasteiger partial charge in [0, 0.05) is 24.3 Å². The number of hydrogen-bond donors (Lipinski definition) is 0. The SMILES string of the molecule is Cc1ccc2sc(C(=O)N3C[C@H]4OCCN(C)[C@H]4C3)c(C)c2c1. The van der Waals surface area contributed by atoms with Gasteiger partial charge in [-0.2, -0.15) is 0 Å². The van der Waals surface area contributed by atoms with Crippen molar-refractivity contribution < 1.29 is 9.53 Å². The molecule has 0 saturated carbocycles. The zero-order valence-electron chi connectivity index (χ0n) is 13.8. The highest BCUT2D eigenvalue weighted by atomic mass is 32.1. The molecule has 2 fully saturated rings. The molecule has 0 N–H and O–H groups in total. The lowest BCUT2D eigenvalue weighted by molar-refractivity contribution is -0.0368. The van der Waals surface area contributed by atoms with Gasteiger partial charge in [0.1, 0.15) is 0 Å². The molecule has 2 aliphatic rings. The molecule has 4 rings (SSSR count). The Morgan fingerprint density at radius 2 is 2.13 bits per heavy atom. The van der Waals surface area contributed by atoms with E-state index < -0.39 is 0 Å². The Hall–Kier alpha value is -1.43. The van der Waals surface area contributed by atoms with Crippen LogP contribution in [0.2, 0.25) is 0 Å². The number of likely N-dealkylation sites (N-methyl/N-ethyl adjacent to an activating group) is 1. The van der Waals surface area contributed by atoms with E-state index >= 15 is 0 Å². The molecule has 2 atom stereocenters. The lowest BCUT2D eigenvalue weighted by atomic mass is 10.1. The number of fused-ring (bicyclic) bond motifs is 2. The van der Waals surface area contributed by atoms with E-state index in [9.17, 15) is 4.79 Å². The Balaban J connectivity index is 1.64. The summed E-state index contributed by atoms with van der Waals surface area (Å²) in [6, 6.07) is 6.75. The second kappa shape index (κ2) is 5.58. The van der Waals surface area contributed by atoms with Crippen LogP contribution in [0.1, 0.15) is 20.8 Å². The van der Waals surface area contributed by atoms with Crippen molar-refractivity contribution in [3.05, 3.63) is 34.2 Å². The summed E-state index contributed by atoms with van der Waals surface area (Å²) < 4.78 is 7.06. The molecule has 3 heterocycles. The van der Waals surface area contributed by atoms with Crippen LogP contribution in [-0.4, -0.2) is 61.1 Å². The predicted molar refractivity (Wildman–Crippen MR) is 93.4 cm³/mol. The molecule has 1 aromatic carbocycles. The topological polar surface area (TPSA) is 32.8 Å². The Morgan fingerprint density at radius 1 is 1.30 bits per heavy atom. The van der Waals surface area contributed by atoms with Crippen molar-refractivity contribution in [1.29, 1.82) is 0 Å². The minimum Gasteiger partial charge on any atom is -0.373 e. The second-order valence-corrected chi connectivity index (χ2v) is 7.78. The number of aryl methyl sites for hydroxylation is 2. The number of nitrogens with zero attached hydrogens (tertiary/aromatic N) is 2. The van der Waals surface area contributed by atoms with Gasteiger partial charge >= 0.3 is 0 Å². The fourth-order valence-corrected chi connectivity index (χ4v) is 4.86. The van der Waals surface area contributed by atoms with Crippen molar-refractivity contribution in [2.24, 2.45) is 0 Å². The highest BCUT2D eigenvalue weighted by molar-refractivity contribution is 7.21. The average Bonchev–Trinajstić information content (AvgIpc) is 3.10. The van der Waals surface area contributed by atoms with Gasteiger partial charge in [0.2, 0.25) is 0 Å². The summed E-state index contributed by atoms with van der Waals surface area (Å²) in [6.07, 6.45) is 0.162. The predicted octanol–water partition coefficient (Wildman–Crippen LogP) is 2.67. The third-order valence-corrected chi connectivity index (χ3v) is 6.41. The van der Waals surface area contributed by atoms with Crippen molar-refractivity contribution in [3.8, 4) is 0 Å². The fraction of sp³-hybridized carbons (Fsp3) is 0.500. The summed E-state index contributed by atoms with van der Waals surface area (Å²) >= 11 is 1.62. The summed E-state index contributed by atoms with van der Waals surface area (Å²) in [5.74, 6) is 0.160. The van der Waals surface area contributed by atoms with E-state index in [-0.39, 0.29) is 12.0 Å². The number of morpholine rings is 1. The van der Waals surface area contributed by atoms with Crippen LogP contribution in [0.5, 0.6) is 0 Å². The Labute approximate surface area is 140 Å². The van der Waals surface area contributed by atoms with E-state index in [1.54, 1.807) is 11.3 Å². The number of carbonyl (C=O) groups is 1. The normalized spacial score (nSPS) is 25.1. The van der Waals surface area contributed by atoms with Crippen LogP contribution in [-0.2, 0) is 4.74 Å². The standard InChI is InChI=1S/C18H22N2O2S/c1-11-4-5-16-13(8-11)12(2)17(23-16)18(21)20-9-14-15(10-20)22-7-6-19(14)3/h4-5,8,14-15H,6-7,9-10H2,1-3H3/t14-,15+/m0/s1. The molecule has 1 amide bonds. The summed E-state index contributed by atoms with van der Waals surface area (Å²) in [6.45, 7) is 7.35. The molecule has 122 valence electrons. The molecule has 0 unspecified atom stereocenters. The third-order valence-electron chi connectivity index (χ3n) is 5.15. The first-order chi connectivity index (χ1) is 11.0. The molecule has 0 aliphatic carbocycles. The minimum absolute atomic E-state index is 0.160. The van der Waals surface area contributed by atoms with Gasteiger partial charge in [-0.1, -0.05) is 17.7 Å². The number of amides is 1. The number of benzene rings is 1. The fourth-order valence-electron chi connectivity index (χ4n) is 3.71. The van der Waals surface area contributed by atoms with E-state index in [1.165, 1.54) is 15.6 Å². The Bertz CT molecular complexity index is 770. The van der Waals surface area contributed by atoms with Gasteiger partial charge in [0.15, 0.2) is 0 Å². The molecule has 0 radical (unpaired) electrons. The smallest absolute Gasteiger partial charge is 0.264 e. The van der Waals surface area contributed by atoms with Gasteiger partial charge in [-0.15, -0.1) is 11.3 Å². The zero-order chi connectivity index (χ0) is 16.1. The highest BCUT2D eigenvalue weighted by Crippen LogP contribution is 2.33. The van der Waals surface area contributed by atoms with E-state index in [0.29, 0.717) is 12.6 Å². The van der Waals surface area contributed by atoms with Gasteiger partial charge in [0.05, 0.1) is 23.6 Å². The number of likely N-dealkylation sites (tertiary alicyclic amines) is 1. The maximum atomic E-state index is 13.0. The quantitative estimate of drug-likeness (QED) is 0.806. The molecule has 0 spiro atoms. The molecule has 2 aromatic rings. The molecule has 23 heavy (non-hydrogen) atoms. The van der Waals surface area contributed by atoms with Crippen LogP contribution in [0.3, 0.4) is 0 Å². The van der Waals surface area contributed by atoms with Crippen molar-refractivity contribution in [2.45, 2.75) is 26.0 Å². The van der Waals surface area contributed by atoms with Crippen LogP contribution in [0.15, 0.2) is 18.2 Å². The largest absolute Gasteiger partial charge is 0.373 e. The van der Waals surface area contributed by atoms with Crippen LogP contribution in [0.25, 0.3) is 10.1 Å². The number of carbonyl (C=O) groups excluding carboxylic acids is 1. The van der Waals surface area contributed by atoms with Crippen LogP contribution < -0.4 is 0 Å². The molecule has 2 saturated heterocycles. The van der Waals surface area contributed by atoms with Gasteiger partial charge in [-0.25, -0.2) is 0 Å². The summed E-state index contributed by atoms with van der Waals surface area (Å²) in [4.78, 5) is 18.2. The Kier molecular flexibility index (Phi) is 3.67. The number of hydrogen-bond acceptors (Lipinski definition) is 4. The van der Waals surface area contributed by atoms with Gasteiger partial charge in [0.25, 0.3) is 5.91 Å². The molecular formula is C18H22N2O2S. The first-order valence-corrected chi connectivity index (χ1v) is 8.97. The molecule has 2 aliphatic heterocycles. The second-order valence-electron chi connectivity index (χ2n) is 6.72. The number of rotatable bonds is 1. The first-order valence-electron chi connectivity index (χ1n) is 8.15. The van der Waals surface area contributed by atoms with Gasteiger partial charge in [-0.05, 0) is 37.9 Å². The lowest BCUT2D eigenvalue weighted by Gasteiger charge is -2.33. The summed E-state index contributed by atoms with van der Waals surface area (Å²) in [5, 5.41) is 1.21. The third kappa shape index (κ3) is 2.47. The summed E-state index contributed by atoms with van der Waals surface area (Å²) in [5.41, 5.74) is 2.35. The first kappa shape index (κ1) is 15.1. The highest BCUT2D eigenvalue weighted by Gasteiger charge is 2.41. The van der Waals surface area contributed by atoms with Crippen LogP contribution in [0, 0.1) is 13.8 Å². The maximum Gasteiger partial charge on any atom is 0.264 e. The lowest BCUT2D eigenvalue weighted by Crippen LogP contribution is -2.48. The number of ether oxygens (including phenoxy) is 1. The molecular weight excluding hydrogens is 308 g/mol. The van der Waals surface area contributed by atoms with Gasteiger partial charge in [-0.3, -0.25) is 9.69 Å². The minimum atomic E-state index is 0.160. The van der Waals surface area contributed by atoms with Crippen LogP contribution in [0.4, 0.5) is 0 Å². The molecule has 0 bridgehead atoms. The van der Waals surface area contributed by atoms with E-state index in [4.69, 9.17) is 4.74 Å². The van der Waals surface area contributed by atoms with Gasteiger partial charge < -0.3 is 9.64 Å². The number of thiophene rings is 1. The van der Waals surface area contributed by atoms with E-state index in [0.717, 1.165) is 30.1 Å². The van der Waals surface area contributed by atoms with Crippen LogP contribution >= 0.6 is 11.3 Å². The Morgan fingerprint density at radius 3 is 2.91 bits per heavy atom. The van der Waals surface area contributed by atoms with Crippen molar-refractivity contribution in [2.75, 3.05) is 33.3 Å². The molecule has 1 aromatic heterocycles. The molecule has 5 heteroatoms. The zero-order valence-corrected chi connectivity index (χ0v) is 14.7. The van der Waals surface area contributed by atoms with Crippen molar-refractivity contribution in [3.63, 3.8) is 0 Å². The summed E-state index contributed by atoms with van der Waals surface area (Å²) in [7, 11) is 2.13. The average molecular weight is 330 g/mol. The molecule has 4 nitrogen and oxygen atoms in total. The van der Waals surface area contributed by atoms with Crippen molar-refractivity contribution >= 4 is 27.3 Å². The van der Waals surface area contributed by atoms with E-state index in [1.807, 2.05) is 4.90 Å². The van der Waals surface area contributed by atoms with E-state index in [2.05, 4.69) is 44.0 Å².